The first-order valence-corrected chi connectivity index (χ1v) is 4.90. The third kappa shape index (κ3) is 1.27. The van der Waals surface area contributed by atoms with E-state index in [9.17, 15) is 0 Å². The topological polar surface area (TPSA) is 52.0 Å². The Hall–Kier alpha value is -0.830. The summed E-state index contributed by atoms with van der Waals surface area (Å²) in [4.78, 5) is 0. The van der Waals surface area contributed by atoms with Crippen molar-refractivity contribution in [3.05, 3.63) is 17.5 Å². The predicted molar refractivity (Wildman–Crippen MR) is 50.4 cm³/mol. The fourth-order valence-electron chi connectivity index (χ4n) is 2.44. The minimum atomic E-state index is 0.171. The monoisotopic (exact) mass is 180 g/mol. The number of rotatable bonds is 2. The van der Waals surface area contributed by atoms with Gasteiger partial charge >= 0.3 is 0 Å². The molecule has 72 valence electrons. The molecular formula is C10H16N2O. The van der Waals surface area contributed by atoms with E-state index in [1.54, 1.807) is 0 Å². The van der Waals surface area contributed by atoms with Crippen LogP contribution in [0.1, 0.15) is 37.0 Å². The van der Waals surface area contributed by atoms with Gasteiger partial charge in [-0.15, -0.1) is 0 Å². The maximum Gasteiger partial charge on any atom is 0.137 e. The van der Waals surface area contributed by atoms with Gasteiger partial charge in [0.1, 0.15) is 5.76 Å². The van der Waals surface area contributed by atoms with Gasteiger partial charge in [-0.1, -0.05) is 18.0 Å². The molecule has 0 aliphatic heterocycles. The Morgan fingerprint density at radius 1 is 1.54 bits per heavy atom. The summed E-state index contributed by atoms with van der Waals surface area (Å²) in [6.07, 6.45) is 6.77. The Balaban J connectivity index is 2.36. The first kappa shape index (κ1) is 8.75. The smallest absolute Gasteiger partial charge is 0.137 e. The molecule has 0 bridgehead atoms. The fraction of sp³-hybridized carbons (Fsp3) is 0.700. The van der Waals surface area contributed by atoms with Gasteiger partial charge in [0, 0.05) is 17.5 Å². The second-order valence-corrected chi connectivity index (χ2v) is 3.99. The Bertz CT molecular complexity index is 287. The Morgan fingerprint density at radius 2 is 2.23 bits per heavy atom. The van der Waals surface area contributed by atoms with Crippen molar-refractivity contribution in [2.24, 2.45) is 5.73 Å². The van der Waals surface area contributed by atoms with Crippen LogP contribution in [-0.2, 0) is 5.41 Å². The highest BCUT2D eigenvalue weighted by molar-refractivity contribution is 5.26. The van der Waals surface area contributed by atoms with Crippen LogP contribution >= 0.6 is 0 Å². The molecule has 2 rings (SSSR count). The molecule has 3 nitrogen and oxygen atoms in total. The molecule has 1 aliphatic carbocycles. The third-order valence-electron chi connectivity index (χ3n) is 3.27. The SMILES string of the molecule is Cc1oncc1C1(CN)CCCC1. The number of nitrogens with two attached hydrogens (primary N) is 1. The molecule has 0 spiro atoms. The molecule has 0 aromatic carbocycles. The highest BCUT2D eigenvalue weighted by Crippen LogP contribution is 2.41. The van der Waals surface area contributed by atoms with Gasteiger partial charge in [-0.2, -0.15) is 0 Å². The van der Waals surface area contributed by atoms with E-state index in [1.807, 2.05) is 13.1 Å². The molecule has 1 fully saturated rings. The van der Waals surface area contributed by atoms with Crippen LogP contribution in [0.4, 0.5) is 0 Å². The van der Waals surface area contributed by atoms with Gasteiger partial charge in [-0.25, -0.2) is 0 Å². The van der Waals surface area contributed by atoms with E-state index in [-0.39, 0.29) is 5.41 Å². The molecule has 3 heteroatoms. The molecule has 0 unspecified atom stereocenters. The average molecular weight is 180 g/mol. The summed E-state index contributed by atoms with van der Waals surface area (Å²) in [5.74, 6) is 0.937. The zero-order valence-corrected chi connectivity index (χ0v) is 8.05. The minimum absolute atomic E-state index is 0.171. The lowest BCUT2D eigenvalue weighted by Crippen LogP contribution is -2.32. The summed E-state index contributed by atoms with van der Waals surface area (Å²) >= 11 is 0. The number of hydrogen-bond donors (Lipinski definition) is 1. The van der Waals surface area contributed by atoms with E-state index < -0.39 is 0 Å². The second kappa shape index (κ2) is 3.14. The quantitative estimate of drug-likeness (QED) is 0.754. The lowest BCUT2D eigenvalue weighted by Gasteiger charge is -2.25. The molecule has 1 saturated carbocycles. The van der Waals surface area contributed by atoms with E-state index in [4.69, 9.17) is 10.3 Å². The average Bonchev–Trinajstić information content (AvgIpc) is 2.73. The molecule has 2 N–H and O–H groups in total. The highest BCUT2D eigenvalue weighted by atomic mass is 16.5. The van der Waals surface area contributed by atoms with Crippen molar-refractivity contribution < 1.29 is 4.52 Å². The van der Waals surface area contributed by atoms with Crippen LogP contribution in [0.25, 0.3) is 0 Å². The summed E-state index contributed by atoms with van der Waals surface area (Å²) in [6, 6.07) is 0. The Labute approximate surface area is 78.3 Å². The summed E-state index contributed by atoms with van der Waals surface area (Å²) < 4.78 is 5.10. The predicted octanol–water partition coefficient (Wildman–Crippen LogP) is 1.75. The number of nitrogens with zero attached hydrogens (tertiary/aromatic N) is 1. The molecule has 13 heavy (non-hydrogen) atoms. The summed E-state index contributed by atoms with van der Waals surface area (Å²) in [7, 11) is 0. The summed E-state index contributed by atoms with van der Waals surface area (Å²) in [6.45, 7) is 2.69. The maximum atomic E-state index is 5.86. The van der Waals surface area contributed by atoms with Crippen LogP contribution in [0.5, 0.6) is 0 Å². The summed E-state index contributed by atoms with van der Waals surface area (Å²) in [5.41, 5.74) is 7.26. The lowest BCUT2D eigenvalue weighted by atomic mass is 9.79. The molecular weight excluding hydrogens is 164 g/mol. The van der Waals surface area contributed by atoms with Crippen molar-refractivity contribution in [3.8, 4) is 0 Å². The largest absolute Gasteiger partial charge is 0.361 e. The molecule has 0 amide bonds. The van der Waals surface area contributed by atoms with Crippen molar-refractivity contribution in [3.63, 3.8) is 0 Å². The van der Waals surface area contributed by atoms with E-state index in [0.29, 0.717) is 0 Å². The Kier molecular flexibility index (Phi) is 2.12. The van der Waals surface area contributed by atoms with Gasteiger partial charge in [0.15, 0.2) is 0 Å². The first-order valence-electron chi connectivity index (χ1n) is 4.90. The molecule has 0 atom stereocenters. The number of aromatic nitrogens is 1. The van der Waals surface area contributed by atoms with E-state index >= 15 is 0 Å². The summed E-state index contributed by atoms with van der Waals surface area (Å²) in [5, 5.41) is 3.83. The zero-order chi connectivity index (χ0) is 9.31. The van der Waals surface area contributed by atoms with Gasteiger partial charge in [-0.05, 0) is 19.8 Å². The first-order chi connectivity index (χ1) is 6.28. The Morgan fingerprint density at radius 3 is 2.69 bits per heavy atom. The van der Waals surface area contributed by atoms with Gasteiger partial charge in [-0.3, -0.25) is 0 Å². The van der Waals surface area contributed by atoms with Crippen LogP contribution < -0.4 is 5.73 Å². The van der Waals surface area contributed by atoms with Gasteiger partial charge in [0.2, 0.25) is 0 Å². The second-order valence-electron chi connectivity index (χ2n) is 3.99. The van der Waals surface area contributed by atoms with Crippen molar-refractivity contribution >= 4 is 0 Å². The van der Waals surface area contributed by atoms with Gasteiger partial charge in [0.25, 0.3) is 0 Å². The molecule has 1 aliphatic rings. The van der Waals surface area contributed by atoms with Crippen LogP contribution in [0.2, 0.25) is 0 Å². The van der Waals surface area contributed by atoms with E-state index in [0.717, 1.165) is 12.3 Å². The standard InChI is InChI=1S/C10H16N2O/c1-8-9(6-12-13-8)10(7-11)4-2-3-5-10/h6H,2-5,7,11H2,1H3. The third-order valence-corrected chi connectivity index (χ3v) is 3.27. The zero-order valence-electron chi connectivity index (χ0n) is 8.05. The number of aryl methyl sites for hydroxylation is 1. The molecule has 1 aromatic heterocycles. The highest BCUT2D eigenvalue weighted by Gasteiger charge is 2.36. The van der Waals surface area contributed by atoms with Crippen molar-refractivity contribution in [1.82, 2.24) is 5.16 Å². The van der Waals surface area contributed by atoms with Crippen LogP contribution in [-0.4, -0.2) is 11.7 Å². The van der Waals surface area contributed by atoms with Crippen LogP contribution in [0, 0.1) is 6.92 Å². The van der Waals surface area contributed by atoms with Gasteiger partial charge < -0.3 is 10.3 Å². The molecule has 0 saturated heterocycles. The minimum Gasteiger partial charge on any atom is -0.361 e. The van der Waals surface area contributed by atoms with Crippen molar-refractivity contribution in [1.29, 1.82) is 0 Å². The maximum absolute atomic E-state index is 5.86. The van der Waals surface area contributed by atoms with E-state index in [1.165, 1.54) is 31.2 Å². The fourth-order valence-corrected chi connectivity index (χ4v) is 2.44. The number of hydrogen-bond acceptors (Lipinski definition) is 3. The molecule has 0 radical (unpaired) electrons. The van der Waals surface area contributed by atoms with Crippen molar-refractivity contribution in [2.75, 3.05) is 6.54 Å². The van der Waals surface area contributed by atoms with Crippen LogP contribution in [0.3, 0.4) is 0 Å². The lowest BCUT2D eigenvalue weighted by molar-refractivity contribution is 0.385. The van der Waals surface area contributed by atoms with Crippen molar-refractivity contribution in [2.45, 2.75) is 38.0 Å². The molecule has 1 heterocycles. The molecule has 1 aromatic rings. The van der Waals surface area contributed by atoms with Gasteiger partial charge in [0.05, 0.1) is 6.20 Å². The normalized spacial score (nSPS) is 20.8. The van der Waals surface area contributed by atoms with Crippen LogP contribution in [0.15, 0.2) is 10.7 Å². The van der Waals surface area contributed by atoms with E-state index in [2.05, 4.69) is 5.16 Å².